The van der Waals surface area contributed by atoms with Crippen molar-refractivity contribution in [3.63, 3.8) is 0 Å². The van der Waals surface area contributed by atoms with Gasteiger partial charge in [0.2, 0.25) is 11.9 Å². The van der Waals surface area contributed by atoms with Gasteiger partial charge in [0.05, 0.1) is 12.2 Å². The first-order chi connectivity index (χ1) is 22.3. The summed E-state index contributed by atoms with van der Waals surface area (Å²) in [6.45, 7) is 8.20. The molecule has 0 aliphatic carbocycles. The summed E-state index contributed by atoms with van der Waals surface area (Å²) >= 11 is 0. The van der Waals surface area contributed by atoms with Crippen LogP contribution in [-0.4, -0.2) is 96.5 Å². The number of nitrogens with one attached hydrogen (secondary N) is 2. The Morgan fingerprint density at radius 1 is 0.739 bits per heavy atom. The number of anilines is 5. The molecule has 3 aromatic rings. The minimum Gasteiger partial charge on any atom is -0.371 e. The monoisotopic (exact) mass is 625 g/mol. The highest BCUT2D eigenvalue weighted by molar-refractivity contribution is 5.99. The zero-order chi connectivity index (χ0) is 31.8. The summed E-state index contributed by atoms with van der Waals surface area (Å²) in [4.78, 5) is 37.1. The summed E-state index contributed by atoms with van der Waals surface area (Å²) in [7, 11) is 4.32. The number of amides is 2. The average Bonchev–Trinajstić information content (AvgIpc) is 3.59. The van der Waals surface area contributed by atoms with Gasteiger partial charge in [0.1, 0.15) is 0 Å². The van der Waals surface area contributed by atoms with Crippen LogP contribution in [0.1, 0.15) is 52.4 Å². The Balaban J connectivity index is 1.02. The van der Waals surface area contributed by atoms with Gasteiger partial charge in [-0.1, -0.05) is 0 Å². The third-order valence-electron chi connectivity index (χ3n) is 10.2. The Kier molecular flexibility index (Phi) is 8.70. The van der Waals surface area contributed by atoms with Gasteiger partial charge in [0, 0.05) is 66.9 Å². The molecule has 0 radical (unpaired) electrons. The molecule has 2 unspecified atom stereocenters. The number of morpholine rings is 1. The van der Waals surface area contributed by atoms with Crippen LogP contribution in [0.4, 0.5) is 33.8 Å². The smallest absolute Gasteiger partial charge is 0.323 e. The van der Waals surface area contributed by atoms with E-state index in [0.717, 1.165) is 87.9 Å². The fourth-order valence-electron chi connectivity index (χ4n) is 7.50. The number of piperidine rings is 1. The lowest BCUT2D eigenvalue weighted by Gasteiger charge is -2.36. The van der Waals surface area contributed by atoms with Crippen LogP contribution in [0.5, 0.6) is 0 Å². The topological polar surface area (TPSA) is 102 Å². The van der Waals surface area contributed by atoms with Gasteiger partial charge in [0.15, 0.2) is 5.82 Å². The number of carbonyl (C=O) groups excluding carboxylic acids is 1. The number of ether oxygens (including phenoxy) is 1. The number of carbonyl (C=O) groups is 1. The van der Waals surface area contributed by atoms with Crippen molar-refractivity contribution in [3.8, 4) is 11.4 Å². The van der Waals surface area contributed by atoms with Crippen molar-refractivity contribution in [1.82, 2.24) is 19.9 Å². The van der Waals surface area contributed by atoms with Gasteiger partial charge in [-0.15, -0.1) is 0 Å². The van der Waals surface area contributed by atoms with E-state index in [2.05, 4.69) is 70.3 Å². The molecule has 1 aromatic heterocycles. The molecule has 2 N–H and O–H groups in total. The minimum atomic E-state index is -0.281. The number of hydrogen-bond acceptors (Lipinski definition) is 9. The number of benzene rings is 2. The summed E-state index contributed by atoms with van der Waals surface area (Å²) in [6, 6.07) is 16.9. The van der Waals surface area contributed by atoms with E-state index in [1.165, 1.54) is 5.69 Å². The number of aromatic nitrogens is 3. The molecule has 4 aliphatic rings. The van der Waals surface area contributed by atoms with Crippen molar-refractivity contribution >= 4 is 35.0 Å². The first-order valence-electron chi connectivity index (χ1n) is 16.9. The second-order valence-corrected chi connectivity index (χ2v) is 13.7. The van der Waals surface area contributed by atoms with Gasteiger partial charge in [-0.05, 0) is 115 Å². The molecular formula is C35H47N9O2. The molecular weight excluding hydrogens is 578 g/mol. The zero-order valence-corrected chi connectivity index (χ0v) is 27.5. The van der Waals surface area contributed by atoms with Crippen LogP contribution >= 0.6 is 0 Å². The highest BCUT2D eigenvalue weighted by Crippen LogP contribution is 2.33. The maximum atomic E-state index is 12.9. The number of urea groups is 1. The molecule has 11 nitrogen and oxygen atoms in total. The minimum absolute atomic E-state index is 0.243. The molecule has 2 amide bonds. The van der Waals surface area contributed by atoms with E-state index in [1.807, 2.05) is 36.4 Å². The molecule has 7 rings (SSSR count). The lowest BCUT2D eigenvalue weighted by atomic mass is 10.0. The van der Waals surface area contributed by atoms with E-state index in [1.54, 1.807) is 0 Å². The summed E-state index contributed by atoms with van der Waals surface area (Å²) in [6.07, 6.45) is 7.25. The standard InChI is InChI=1S/C35H47N9O2/c1-23-5-6-24(2)44(23)34-39-32(38-33(40-34)43-21-30-15-16-31(22-43)46-30)25-7-9-26(10-8-25)36-35(45)37-27-11-13-29(14-12-27)42-19-17-28(18-20-42)41(3)4/h7-14,23-24,28,30-31H,5-6,15-22H2,1-4H3,(H2,36,37,45)/t23-,24+,30?,31?. The number of hydrogen-bond donors (Lipinski definition) is 2. The molecule has 2 bridgehead atoms. The summed E-state index contributed by atoms with van der Waals surface area (Å²) < 4.78 is 6.08. The lowest BCUT2D eigenvalue weighted by molar-refractivity contribution is 0.0299. The van der Waals surface area contributed by atoms with Crippen molar-refractivity contribution in [2.45, 2.75) is 82.7 Å². The summed E-state index contributed by atoms with van der Waals surface area (Å²) in [5.41, 5.74) is 3.53. The van der Waals surface area contributed by atoms with Crippen LogP contribution in [0.2, 0.25) is 0 Å². The van der Waals surface area contributed by atoms with Crippen molar-refractivity contribution < 1.29 is 9.53 Å². The Bertz CT molecular complexity index is 1490. The molecule has 4 atom stereocenters. The first kappa shape index (κ1) is 30.7. The SMILES string of the molecule is C[C@@H]1CC[C@H](C)N1c1nc(-c2ccc(NC(=O)Nc3ccc(N4CCC(N(C)C)CC4)cc3)cc2)nc(N2CC3CCC(C2)O3)n1. The number of rotatable bonds is 7. The van der Waals surface area contributed by atoms with Crippen LogP contribution in [0, 0.1) is 0 Å². The van der Waals surface area contributed by atoms with Crippen molar-refractivity contribution in [2.24, 2.45) is 0 Å². The Hall–Kier alpha value is -3.96. The molecule has 11 heteroatoms. The molecule has 4 saturated heterocycles. The van der Waals surface area contributed by atoms with Crippen molar-refractivity contribution in [2.75, 3.05) is 65.6 Å². The second kappa shape index (κ2) is 13.0. The van der Waals surface area contributed by atoms with Gasteiger partial charge in [0.25, 0.3) is 0 Å². The lowest BCUT2D eigenvalue weighted by Crippen LogP contribution is -2.44. The molecule has 0 spiro atoms. The fraction of sp³-hybridized carbons (Fsp3) is 0.543. The predicted octanol–water partition coefficient (Wildman–Crippen LogP) is 5.46. The van der Waals surface area contributed by atoms with Crippen LogP contribution < -0.4 is 25.3 Å². The predicted molar refractivity (Wildman–Crippen MR) is 184 cm³/mol. The van der Waals surface area contributed by atoms with Crippen LogP contribution in [-0.2, 0) is 4.74 Å². The molecule has 4 fully saturated rings. The molecule has 0 saturated carbocycles. The number of nitrogens with zero attached hydrogens (tertiary/aromatic N) is 7. The van der Waals surface area contributed by atoms with E-state index in [-0.39, 0.29) is 18.2 Å². The molecule has 4 aliphatic heterocycles. The zero-order valence-electron chi connectivity index (χ0n) is 27.5. The van der Waals surface area contributed by atoms with E-state index >= 15 is 0 Å². The van der Waals surface area contributed by atoms with Gasteiger partial charge in [-0.3, -0.25) is 0 Å². The Labute approximate surface area is 272 Å². The van der Waals surface area contributed by atoms with E-state index in [9.17, 15) is 4.79 Å². The van der Waals surface area contributed by atoms with Gasteiger partial charge < -0.3 is 35.0 Å². The molecule has 5 heterocycles. The molecule has 2 aromatic carbocycles. The summed E-state index contributed by atoms with van der Waals surface area (Å²) in [5, 5.41) is 5.92. The Morgan fingerprint density at radius 3 is 1.89 bits per heavy atom. The average molecular weight is 626 g/mol. The van der Waals surface area contributed by atoms with Gasteiger partial charge in [-0.25, -0.2) is 4.79 Å². The highest BCUT2D eigenvalue weighted by atomic mass is 16.5. The van der Waals surface area contributed by atoms with E-state index in [0.29, 0.717) is 29.6 Å². The maximum absolute atomic E-state index is 12.9. The largest absolute Gasteiger partial charge is 0.371 e. The van der Waals surface area contributed by atoms with Crippen LogP contribution in [0.3, 0.4) is 0 Å². The second-order valence-electron chi connectivity index (χ2n) is 13.7. The molecule has 244 valence electrons. The van der Waals surface area contributed by atoms with Gasteiger partial charge >= 0.3 is 6.03 Å². The highest BCUT2D eigenvalue weighted by Gasteiger charge is 2.36. The fourth-order valence-corrected chi connectivity index (χ4v) is 7.50. The Morgan fingerprint density at radius 2 is 1.30 bits per heavy atom. The summed E-state index contributed by atoms with van der Waals surface area (Å²) in [5.74, 6) is 2.10. The third-order valence-corrected chi connectivity index (χ3v) is 10.2. The first-order valence-corrected chi connectivity index (χ1v) is 16.9. The quantitative estimate of drug-likeness (QED) is 0.355. The number of fused-ring (bicyclic) bond motifs is 2. The van der Waals surface area contributed by atoms with Crippen LogP contribution in [0.15, 0.2) is 48.5 Å². The van der Waals surface area contributed by atoms with Crippen molar-refractivity contribution in [3.05, 3.63) is 48.5 Å². The van der Waals surface area contributed by atoms with E-state index in [4.69, 9.17) is 19.7 Å². The maximum Gasteiger partial charge on any atom is 0.323 e. The van der Waals surface area contributed by atoms with Crippen molar-refractivity contribution in [1.29, 1.82) is 0 Å². The molecule has 46 heavy (non-hydrogen) atoms. The third kappa shape index (κ3) is 6.62. The van der Waals surface area contributed by atoms with Gasteiger partial charge in [-0.2, -0.15) is 15.0 Å². The van der Waals surface area contributed by atoms with Crippen LogP contribution in [0.25, 0.3) is 11.4 Å². The van der Waals surface area contributed by atoms with E-state index < -0.39 is 0 Å². The normalized spacial score (nSPS) is 24.9.